The monoisotopic (exact) mass is 250 g/mol. The van der Waals surface area contributed by atoms with Crippen molar-refractivity contribution in [1.29, 1.82) is 0 Å². The summed E-state index contributed by atoms with van der Waals surface area (Å²) in [6.07, 6.45) is 1.75. The maximum atomic E-state index is 12.1. The van der Waals surface area contributed by atoms with E-state index in [0.29, 0.717) is 26.1 Å². The minimum atomic E-state index is -0.257. The van der Waals surface area contributed by atoms with Crippen LogP contribution in [0.5, 0.6) is 0 Å². The lowest BCUT2D eigenvalue weighted by atomic mass is 10.1. The van der Waals surface area contributed by atoms with Gasteiger partial charge in [0.2, 0.25) is 5.91 Å². The van der Waals surface area contributed by atoms with E-state index in [1.807, 2.05) is 19.1 Å². The molecule has 0 bridgehead atoms. The average Bonchev–Trinajstić information content (AvgIpc) is 2.41. The fourth-order valence-electron chi connectivity index (χ4n) is 2.01. The van der Waals surface area contributed by atoms with Gasteiger partial charge in [0.25, 0.3) is 0 Å². The molecular formula is C13H18N2O3. The van der Waals surface area contributed by atoms with Gasteiger partial charge in [0.15, 0.2) is 0 Å². The maximum absolute atomic E-state index is 12.1. The molecule has 2 heterocycles. The van der Waals surface area contributed by atoms with E-state index in [1.165, 1.54) is 0 Å². The van der Waals surface area contributed by atoms with E-state index in [2.05, 4.69) is 4.98 Å². The normalized spacial score (nSPS) is 19.9. The SMILES string of the molecule is Cc1cccnc1CC(=O)N1CCOC(CO)C1. The molecule has 2 rings (SSSR count). The average molecular weight is 250 g/mol. The van der Waals surface area contributed by atoms with Crippen molar-refractivity contribution in [2.75, 3.05) is 26.3 Å². The predicted octanol–water partition coefficient (Wildman–Crippen LogP) is 0.152. The number of pyridine rings is 1. The fraction of sp³-hybridized carbons (Fsp3) is 0.538. The molecule has 1 aromatic rings. The second kappa shape index (κ2) is 5.93. The quantitative estimate of drug-likeness (QED) is 0.829. The van der Waals surface area contributed by atoms with Crippen LogP contribution in [0.25, 0.3) is 0 Å². The Labute approximate surface area is 106 Å². The number of rotatable bonds is 3. The largest absolute Gasteiger partial charge is 0.394 e. The summed E-state index contributed by atoms with van der Waals surface area (Å²) in [4.78, 5) is 18.1. The van der Waals surface area contributed by atoms with Crippen LogP contribution in [0.3, 0.4) is 0 Å². The lowest BCUT2D eigenvalue weighted by Gasteiger charge is -2.32. The van der Waals surface area contributed by atoms with Gasteiger partial charge in [-0.15, -0.1) is 0 Å². The molecule has 1 amide bonds. The van der Waals surface area contributed by atoms with Crippen molar-refractivity contribution in [3.8, 4) is 0 Å². The summed E-state index contributed by atoms with van der Waals surface area (Å²) in [7, 11) is 0. The first-order chi connectivity index (χ1) is 8.70. The van der Waals surface area contributed by atoms with Gasteiger partial charge in [-0.1, -0.05) is 6.07 Å². The maximum Gasteiger partial charge on any atom is 0.228 e. The van der Waals surface area contributed by atoms with Gasteiger partial charge in [0.05, 0.1) is 31.4 Å². The van der Waals surface area contributed by atoms with Gasteiger partial charge >= 0.3 is 0 Å². The molecule has 0 radical (unpaired) electrons. The Morgan fingerprint density at radius 3 is 3.22 bits per heavy atom. The van der Waals surface area contributed by atoms with Crippen molar-refractivity contribution in [3.05, 3.63) is 29.6 Å². The third-order valence-corrected chi connectivity index (χ3v) is 3.13. The lowest BCUT2D eigenvalue weighted by molar-refractivity contribution is -0.139. The highest BCUT2D eigenvalue weighted by Crippen LogP contribution is 2.09. The molecule has 1 unspecified atom stereocenters. The van der Waals surface area contributed by atoms with Crippen LogP contribution in [0.1, 0.15) is 11.3 Å². The molecule has 1 fully saturated rings. The van der Waals surface area contributed by atoms with E-state index in [4.69, 9.17) is 9.84 Å². The molecule has 1 N–H and O–H groups in total. The molecule has 5 heteroatoms. The van der Waals surface area contributed by atoms with Crippen LogP contribution in [0.15, 0.2) is 18.3 Å². The number of morpholine rings is 1. The van der Waals surface area contributed by atoms with Gasteiger partial charge in [-0.05, 0) is 18.6 Å². The third-order valence-electron chi connectivity index (χ3n) is 3.13. The summed E-state index contributed by atoms with van der Waals surface area (Å²) in [6, 6.07) is 3.81. The van der Waals surface area contributed by atoms with Gasteiger partial charge in [-0.25, -0.2) is 0 Å². The highest BCUT2D eigenvalue weighted by molar-refractivity contribution is 5.78. The Morgan fingerprint density at radius 2 is 2.50 bits per heavy atom. The number of hydrogen-bond acceptors (Lipinski definition) is 4. The van der Waals surface area contributed by atoms with Crippen molar-refractivity contribution in [2.24, 2.45) is 0 Å². The van der Waals surface area contributed by atoms with Gasteiger partial charge in [0.1, 0.15) is 0 Å². The van der Waals surface area contributed by atoms with Gasteiger partial charge in [0, 0.05) is 19.3 Å². The number of hydrogen-bond donors (Lipinski definition) is 1. The summed E-state index contributed by atoms with van der Waals surface area (Å²) < 4.78 is 5.32. The molecule has 98 valence electrons. The minimum Gasteiger partial charge on any atom is -0.394 e. The standard InChI is InChI=1S/C13H18N2O3/c1-10-3-2-4-14-12(10)7-13(17)15-5-6-18-11(8-15)9-16/h2-4,11,16H,5-9H2,1H3. The molecule has 1 atom stereocenters. The van der Waals surface area contributed by atoms with Crippen molar-refractivity contribution in [2.45, 2.75) is 19.4 Å². The van der Waals surface area contributed by atoms with Gasteiger partial charge in [-0.2, -0.15) is 0 Å². The molecule has 0 aromatic carbocycles. The summed E-state index contributed by atoms with van der Waals surface area (Å²) in [5.41, 5.74) is 1.84. The van der Waals surface area contributed by atoms with E-state index >= 15 is 0 Å². The van der Waals surface area contributed by atoms with Crippen LogP contribution < -0.4 is 0 Å². The number of aryl methyl sites for hydroxylation is 1. The Morgan fingerprint density at radius 1 is 1.67 bits per heavy atom. The van der Waals surface area contributed by atoms with E-state index < -0.39 is 0 Å². The van der Waals surface area contributed by atoms with Crippen LogP contribution in [0.4, 0.5) is 0 Å². The van der Waals surface area contributed by atoms with Crippen molar-refractivity contribution in [1.82, 2.24) is 9.88 Å². The third kappa shape index (κ3) is 3.05. The number of carbonyl (C=O) groups is 1. The lowest BCUT2D eigenvalue weighted by Crippen LogP contribution is -2.47. The Hall–Kier alpha value is -1.46. The molecule has 0 aliphatic carbocycles. The fourth-order valence-corrected chi connectivity index (χ4v) is 2.01. The van der Waals surface area contributed by atoms with Gasteiger partial charge < -0.3 is 14.7 Å². The van der Waals surface area contributed by atoms with Crippen LogP contribution >= 0.6 is 0 Å². The molecular weight excluding hydrogens is 232 g/mol. The first kappa shape index (κ1) is 13.0. The van der Waals surface area contributed by atoms with E-state index in [-0.39, 0.29) is 18.6 Å². The zero-order valence-corrected chi connectivity index (χ0v) is 10.5. The van der Waals surface area contributed by atoms with Crippen molar-refractivity contribution >= 4 is 5.91 Å². The predicted molar refractivity (Wildman–Crippen MR) is 66.1 cm³/mol. The Balaban J connectivity index is 1.97. The summed E-state index contributed by atoms with van der Waals surface area (Å²) in [6.45, 7) is 3.43. The summed E-state index contributed by atoms with van der Waals surface area (Å²) in [5.74, 6) is 0.0403. The number of amides is 1. The van der Waals surface area contributed by atoms with Gasteiger partial charge in [-0.3, -0.25) is 9.78 Å². The van der Waals surface area contributed by atoms with E-state index in [0.717, 1.165) is 11.3 Å². The number of aliphatic hydroxyl groups excluding tert-OH is 1. The second-order valence-corrected chi connectivity index (χ2v) is 4.46. The van der Waals surface area contributed by atoms with E-state index in [9.17, 15) is 4.79 Å². The first-order valence-corrected chi connectivity index (χ1v) is 6.11. The molecule has 1 saturated heterocycles. The van der Waals surface area contributed by atoms with Crippen LogP contribution in [-0.2, 0) is 16.0 Å². The minimum absolute atomic E-state index is 0.0403. The van der Waals surface area contributed by atoms with Crippen molar-refractivity contribution < 1.29 is 14.6 Å². The zero-order chi connectivity index (χ0) is 13.0. The molecule has 5 nitrogen and oxygen atoms in total. The summed E-state index contributed by atoms with van der Waals surface area (Å²) in [5, 5.41) is 9.05. The smallest absolute Gasteiger partial charge is 0.228 e. The van der Waals surface area contributed by atoms with Crippen LogP contribution in [-0.4, -0.2) is 53.3 Å². The Kier molecular flexibility index (Phi) is 4.28. The Bertz CT molecular complexity index is 422. The van der Waals surface area contributed by atoms with Crippen LogP contribution in [0, 0.1) is 6.92 Å². The molecule has 18 heavy (non-hydrogen) atoms. The number of aromatic nitrogens is 1. The molecule has 1 aliphatic heterocycles. The highest BCUT2D eigenvalue weighted by Gasteiger charge is 2.24. The second-order valence-electron chi connectivity index (χ2n) is 4.46. The number of nitrogens with zero attached hydrogens (tertiary/aromatic N) is 2. The molecule has 1 aromatic heterocycles. The summed E-state index contributed by atoms with van der Waals surface area (Å²) >= 11 is 0. The number of aliphatic hydroxyl groups is 1. The molecule has 1 aliphatic rings. The zero-order valence-electron chi connectivity index (χ0n) is 10.5. The number of ether oxygens (including phenoxy) is 1. The van der Waals surface area contributed by atoms with E-state index in [1.54, 1.807) is 11.1 Å². The molecule has 0 spiro atoms. The highest BCUT2D eigenvalue weighted by atomic mass is 16.5. The van der Waals surface area contributed by atoms with Crippen LogP contribution in [0.2, 0.25) is 0 Å². The molecule has 0 saturated carbocycles. The number of carbonyl (C=O) groups excluding carboxylic acids is 1. The topological polar surface area (TPSA) is 62.7 Å². The van der Waals surface area contributed by atoms with Crippen molar-refractivity contribution in [3.63, 3.8) is 0 Å². The first-order valence-electron chi connectivity index (χ1n) is 6.11.